The molecular weight excluding hydrogens is 520 g/mol. The quantitative estimate of drug-likeness (QED) is 0.209. The van der Waals surface area contributed by atoms with Gasteiger partial charge in [0.1, 0.15) is 17.5 Å². The van der Waals surface area contributed by atoms with Gasteiger partial charge in [-0.25, -0.2) is 4.79 Å². The van der Waals surface area contributed by atoms with E-state index in [2.05, 4.69) is 21.2 Å². The Bertz CT molecular complexity index is 1360. The van der Waals surface area contributed by atoms with E-state index in [4.69, 9.17) is 15.2 Å². The van der Waals surface area contributed by atoms with Crippen LogP contribution in [0.4, 0.5) is 5.69 Å². The van der Waals surface area contributed by atoms with Gasteiger partial charge in [-0.05, 0) is 47.5 Å². The zero-order valence-electron chi connectivity index (χ0n) is 19.6. The van der Waals surface area contributed by atoms with Crippen LogP contribution in [0, 0.1) is 0 Å². The minimum absolute atomic E-state index is 0.259. The fourth-order valence-corrected chi connectivity index (χ4v) is 4.12. The maximum Gasteiger partial charge on any atom is 0.328 e. The minimum Gasteiger partial charge on any atom is -0.467 e. The fourth-order valence-electron chi connectivity index (χ4n) is 3.76. The zero-order chi connectivity index (χ0) is 25.5. The highest BCUT2D eigenvalue weighted by atomic mass is 79.9. The van der Waals surface area contributed by atoms with Crippen LogP contribution in [0.3, 0.4) is 0 Å². The highest BCUT2D eigenvalue weighted by Gasteiger charge is 2.24. The second kappa shape index (κ2) is 11.6. The molecule has 1 amide bonds. The Kier molecular flexibility index (Phi) is 8.02. The largest absolute Gasteiger partial charge is 0.467 e. The highest BCUT2D eigenvalue weighted by molar-refractivity contribution is 9.10. The van der Waals surface area contributed by atoms with E-state index in [0.717, 1.165) is 28.2 Å². The topological polar surface area (TPSA) is 90.6 Å². The smallest absolute Gasteiger partial charge is 0.328 e. The number of esters is 1. The number of benzene rings is 4. The number of carbonyl (C=O) groups is 2. The van der Waals surface area contributed by atoms with Crippen molar-refractivity contribution < 1.29 is 19.1 Å². The molecule has 4 aromatic rings. The Hall–Kier alpha value is -4.10. The van der Waals surface area contributed by atoms with Crippen LogP contribution in [-0.4, -0.2) is 25.0 Å². The van der Waals surface area contributed by atoms with Crippen LogP contribution >= 0.6 is 15.9 Å². The molecule has 0 saturated heterocycles. The maximum atomic E-state index is 12.8. The van der Waals surface area contributed by atoms with Crippen molar-refractivity contribution in [3.8, 4) is 22.6 Å². The molecule has 36 heavy (non-hydrogen) atoms. The molecule has 7 heteroatoms. The number of carbonyl (C=O) groups excluding carboxylic acids is 2. The molecule has 4 aromatic carbocycles. The van der Waals surface area contributed by atoms with Crippen LogP contribution in [-0.2, 0) is 16.0 Å². The van der Waals surface area contributed by atoms with Gasteiger partial charge in [-0.15, -0.1) is 0 Å². The Morgan fingerprint density at radius 2 is 1.61 bits per heavy atom. The summed E-state index contributed by atoms with van der Waals surface area (Å²) >= 11 is 3.34. The molecule has 0 fully saturated rings. The Balaban J connectivity index is 1.52. The summed E-state index contributed by atoms with van der Waals surface area (Å²) < 4.78 is 11.7. The summed E-state index contributed by atoms with van der Waals surface area (Å²) in [6.45, 7) is 0. The van der Waals surface area contributed by atoms with E-state index in [0.29, 0.717) is 10.2 Å². The molecule has 0 radical (unpaired) electrons. The number of nitrogens with one attached hydrogen (secondary N) is 1. The predicted molar refractivity (Wildman–Crippen MR) is 144 cm³/mol. The summed E-state index contributed by atoms with van der Waals surface area (Å²) in [5, 5.41) is 2.75. The number of hydrogen-bond acceptors (Lipinski definition) is 5. The van der Waals surface area contributed by atoms with Gasteiger partial charge in [0.05, 0.1) is 12.7 Å². The third-order valence-corrected chi connectivity index (χ3v) is 6.11. The van der Waals surface area contributed by atoms with E-state index in [1.807, 2.05) is 78.9 Å². The van der Waals surface area contributed by atoms with Crippen molar-refractivity contribution in [1.29, 1.82) is 0 Å². The van der Waals surface area contributed by atoms with Crippen molar-refractivity contribution in [2.45, 2.75) is 12.5 Å². The second-order valence-electron chi connectivity index (χ2n) is 8.09. The average Bonchev–Trinajstić information content (AvgIpc) is 2.90. The molecule has 1 unspecified atom stereocenters. The predicted octanol–water partition coefficient (Wildman–Crippen LogP) is 6.00. The van der Waals surface area contributed by atoms with E-state index in [9.17, 15) is 9.59 Å². The van der Waals surface area contributed by atoms with Crippen molar-refractivity contribution in [1.82, 2.24) is 5.32 Å². The van der Waals surface area contributed by atoms with Crippen LogP contribution in [0.1, 0.15) is 15.9 Å². The lowest BCUT2D eigenvalue weighted by Crippen LogP contribution is -2.43. The third-order valence-electron chi connectivity index (χ3n) is 5.61. The van der Waals surface area contributed by atoms with Gasteiger partial charge in [0.25, 0.3) is 5.91 Å². The lowest BCUT2D eigenvalue weighted by Gasteiger charge is -2.18. The number of para-hydroxylation sites is 2. The molecule has 0 bridgehead atoms. The normalized spacial score (nSPS) is 11.4. The Morgan fingerprint density at radius 1 is 0.917 bits per heavy atom. The molecular formula is C29H25BrN2O4. The van der Waals surface area contributed by atoms with Gasteiger partial charge in [-0.2, -0.15) is 0 Å². The van der Waals surface area contributed by atoms with E-state index >= 15 is 0 Å². The molecule has 4 rings (SSSR count). The molecule has 1 atom stereocenters. The maximum absolute atomic E-state index is 12.8. The van der Waals surface area contributed by atoms with Crippen molar-refractivity contribution in [3.05, 3.63) is 113 Å². The lowest BCUT2D eigenvalue weighted by molar-refractivity contribution is -0.142. The first-order chi connectivity index (χ1) is 17.4. The van der Waals surface area contributed by atoms with Gasteiger partial charge in [-0.1, -0.05) is 76.6 Å². The Labute approximate surface area is 218 Å². The van der Waals surface area contributed by atoms with Gasteiger partial charge in [0.15, 0.2) is 0 Å². The Morgan fingerprint density at radius 3 is 2.33 bits per heavy atom. The van der Waals surface area contributed by atoms with Gasteiger partial charge in [0, 0.05) is 22.1 Å². The lowest BCUT2D eigenvalue weighted by atomic mass is 9.99. The molecule has 0 saturated carbocycles. The van der Waals surface area contributed by atoms with Crippen molar-refractivity contribution in [2.24, 2.45) is 0 Å². The van der Waals surface area contributed by atoms with Crippen molar-refractivity contribution >= 4 is 33.5 Å². The summed E-state index contributed by atoms with van der Waals surface area (Å²) in [4.78, 5) is 25.3. The first-order valence-electron chi connectivity index (χ1n) is 11.3. The monoisotopic (exact) mass is 544 g/mol. The minimum atomic E-state index is -0.875. The number of ether oxygens (including phenoxy) is 2. The standard InChI is InChI=1S/C29H25BrN2O4/c1-35-29(34)26(32-28(33)24-18-21(30)15-16-25(24)31)17-19-11-13-20(14-12-19)23-9-5-6-10-27(23)36-22-7-3-2-4-8-22/h2-16,18,26H,17,31H2,1H3,(H,32,33). The van der Waals surface area contributed by atoms with Crippen LogP contribution in [0.5, 0.6) is 11.5 Å². The van der Waals surface area contributed by atoms with Crippen LogP contribution < -0.4 is 15.8 Å². The number of anilines is 1. The fraction of sp³-hybridized carbons (Fsp3) is 0.103. The van der Waals surface area contributed by atoms with Crippen LogP contribution in [0.2, 0.25) is 0 Å². The van der Waals surface area contributed by atoms with Gasteiger partial charge < -0.3 is 20.5 Å². The van der Waals surface area contributed by atoms with E-state index in [1.54, 1.807) is 18.2 Å². The van der Waals surface area contributed by atoms with Gasteiger partial charge in [0.2, 0.25) is 0 Å². The molecule has 182 valence electrons. The number of halogens is 1. The summed E-state index contributed by atoms with van der Waals surface area (Å²) in [5.74, 6) is 0.502. The van der Waals surface area contributed by atoms with Crippen LogP contribution in [0.15, 0.2) is 102 Å². The molecule has 0 aliphatic heterocycles. The molecule has 3 N–H and O–H groups in total. The zero-order valence-corrected chi connectivity index (χ0v) is 21.2. The SMILES string of the molecule is COC(=O)C(Cc1ccc(-c2ccccc2Oc2ccccc2)cc1)NC(=O)c1cc(Br)ccc1N. The third kappa shape index (κ3) is 6.12. The molecule has 0 aliphatic carbocycles. The van der Waals surface area contributed by atoms with E-state index < -0.39 is 17.9 Å². The van der Waals surface area contributed by atoms with Gasteiger partial charge in [-0.3, -0.25) is 4.79 Å². The molecule has 0 spiro atoms. The first kappa shape index (κ1) is 25.0. The summed E-state index contributed by atoms with van der Waals surface area (Å²) in [6, 6.07) is 29.3. The average molecular weight is 545 g/mol. The van der Waals surface area contributed by atoms with Crippen molar-refractivity contribution in [2.75, 3.05) is 12.8 Å². The summed E-state index contributed by atoms with van der Waals surface area (Å²) in [6.07, 6.45) is 0.259. The summed E-state index contributed by atoms with van der Waals surface area (Å²) in [5.41, 5.74) is 9.32. The number of methoxy groups -OCH3 is 1. The van der Waals surface area contributed by atoms with E-state index in [-0.39, 0.29) is 12.0 Å². The first-order valence-corrected chi connectivity index (χ1v) is 12.1. The molecule has 0 aromatic heterocycles. The van der Waals surface area contributed by atoms with Crippen LogP contribution in [0.25, 0.3) is 11.1 Å². The number of rotatable bonds is 8. The van der Waals surface area contributed by atoms with Gasteiger partial charge >= 0.3 is 5.97 Å². The number of amides is 1. The molecule has 0 heterocycles. The van der Waals surface area contributed by atoms with Crippen molar-refractivity contribution in [3.63, 3.8) is 0 Å². The number of nitrogen functional groups attached to an aromatic ring is 1. The molecule has 6 nitrogen and oxygen atoms in total. The number of nitrogens with two attached hydrogens (primary N) is 1. The summed E-state index contributed by atoms with van der Waals surface area (Å²) in [7, 11) is 1.29. The van der Waals surface area contributed by atoms with E-state index in [1.165, 1.54) is 7.11 Å². The highest BCUT2D eigenvalue weighted by Crippen LogP contribution is 2.33. The second-order valence-corrected chi connectivity index (χ2v) is 9.01. The number of hydrogen-bond donors (Lipinski definition) is 2. The molecule has 0 aliphatic rings.